The van der Waals surface area contributed by atoms with Crippen LogP contribution in [0.25, 0.3) is 53.8 Å². The number of aromatic nitrogens is 1. The summed E-state index contributed by atoms with van der Waals surface area (Å²) in [5, 5.41) is 16.5. The fraction of sp³-hybridized carbons (Fsp3) is 0.286. The Morgan fingerprint density at radius 3 is 1.68 bits per heavy atom. The first-order chi connectivity index (χ1) is 26.8. The number of nitrogens with zero attached hydrogens (tertiary/aromatic N) is 2. The molecule has 0 radical (unpaired) electrons. The quantitative estimate of drug-likeness (QED) is 0.0280. The number of benzene rings is 3. The molecule has 292 valence electrons. The first-order valence-corrected chi connectivity index (χ1v) is 19.7. The Morgan fingerprint density at radius 1 is 0.679 bits per heavy atom. The number of thiophene rings is 2. The zero-order chi connectivity index (χ0) is 40.4. The third-order valence-electron chi connectivity index (χ3n) is 9.69. The fourth-order valence-electron chi connectivity index (χ4n) is 6.86. The van der Waals surface area contributed by atoms with Crippen molar-refractivity contribution in [2.24, 2.45) is 0 Å². The van der Waals surface area contributed by atoms with Gasteiger partial charge in [-0.1, -0.05) is 64.5 Å². The first-order valence-electron chi connectivity index (χ1n) is 18.1. The summed E-state index contributed by atoms with van der Waals surface area (Å²) in [6, 6.07) is 11.4. The van der Waals surface area contributed by atoms with Crippen molar-refractivity contribution >= 4 is 56.5 Å². The van der Waals surface area contributed by atoms with E-state index in [4.69, 9.17) is 0 Å². The number of unbranched alkanes of at least 4 members (excludes halogenated alkanes) is 6. The van der Waals surface area contributed by atoms with E-state index < -0.39 is 74.3 Å². The number of rotatable bonds is 15. The molecule has 0 aliphatic rings. The SMILES string of the molecule is CCCCCCc1cc(-c2sc(-c3ccc(-n4c5c(F)c(F)c(F)c(F)c5c5c(F)c(F)c(F)c(F)c54)cc3)cc2CCCCCC)sc1/C=C(/C#N)C(=O)O. The topological polar surface area (TPSA) is 66.0 Å². The van der Waals surface area contributed by atoms with Crippen LogP contribution in [0.1, 0.15) is 81.2 Å². The van der Waals surface area contributed by atoms with Gasteiger partial charge in [0.05, 0.1) is 21.8 Å². The highest BCUT2D eigenvalue weighted by Gasteiger charge is 2.33. The molecule has 0 spiro atoms. The first kappa shape index (κ1) is 40.7. The Labute approximate surface area is 324 Å². The zero-order valence-electron chi connectivity index (χ0n) is 30.2. The molecule has 6 aromatic rings. The van der Waals surface area contributed by atoms with E-state index in [9.17, 15) is 32.7 Å². The van der Waals surface area contributed by atoms with Crippen LogP contribution in [0.5, 0.6) is 0 Å². The summed E-state index contributed by atoms with van der Waals surface area (Å²) in [5.41, 5.74) is -0.363. The Bertz CT molecular complexity index is 2470. The van der Waals surface area contributed by atoms with E-state index in [2.05, 4.69) is 13.8 Å². The molecule has 4 nitrogen and oxygen atoms in total. The lowest BCUT2D eigenvalue weighted by Gasteiger charge is -2.11. The van der Waals surface area contributed by atoms with Crippen LogP contribution in [0, 0.1) is 57.9 Å². The predicted octanol–water partition coefficient (Wildman–Crippen LogP) is 13.6. The molecule has 0 amide bonds. The van der Waals surface area contributed by atoms with Gasteiger partial charge in [0.1, 0.15) is 11.6 Å². The van der Waals surface area contributed by atoms with Crippen LogP contribution in [0.4, 0.5) is 35.1 Å². The van der Waals surface area contributed by atoms with Crippen LogP contribution in [-0.4, -0.2) is 15.6 Å². The van der Waals surface area contributed by atoms with Crippen molar-refractivity contribution in [2.45, 2.75) is 78.1 Å². The molecule has 3 aromatic heterocycles. The third kappa shape index (κ3) is 7.46. The predicted molar refractivity (Wildman–Crippen MR) is 204 cm³/mol. The number of hydrogen-bond donors (Lipinski definition) is 1. The maximum Gasteiger partial charge on any atom is 0.346 e. The second-order valence-electron chi connectivity index (χ2n) is 13.4. The lowest BCUT2D eigenvalue weighted by atomic mass is 10.0. The molecule has 0 aliphatic heterocycles. The largest absolute Gasteiger partial charge is 0.477 e. The van der Waals surface area contributed by atoms with Crippen LogP contribution in [0.3, 0.4) is 0 Å². The minimum atomic E-state index is -2.34. The molecule has 14 heteroatoms. The van der Waals surface area contributed by atoms with Crippen LogP contribution in [0.2, 0.25) is 0 Å². The van der Waals surface area contributed by atoms with Gasteiger partial charge in [0.15, 0.2) is 46.5 Å². The van der Waals surface area contributed by atoms with Gasteiger partial charge in [-0.2, -0.15) is 5.26 Å². The molecule has 0 unspecified atom stereocenters. The van der Waals surface area contributed by atoms with Crippen molar-refractivity contribution in [2.75, 3.05) is 0 Å². The number of aryl methyl sites for hydroxylation is 2. The highest BCUT2D eigenvalue weighted by Crippen LogP contribution is 2.45. The Morgan fingerprint density at radius 2 is 1.18 bits per heavy atom. The summed E-state index contributed by atoms with van der Waals surface area (Å²) in [6.07, 6.45) is 10.7. The second kappa shape index (κ2) is 17.0. The smallest absolute Gasteiger partial charge is 0.346 e. The van der Waals surface area contributed by atoms with Crippen molar-refractivity contribution < 1.29 is 45.0 Å². The Balaban J connectivity index is 1.48. The molecule has 6 rings (SSSR count). The number of fused-ring (bicyclic) bond motifs is 3. The van der Waals surface area contributed by atoms with Crippen molar-refractivity contribution in [3.63, 3.8) is 0 Å². The van der Waals surface area contributed by atoms with E-state index >= 15 is 17.6 Å². The molecular weight excluding hydrogens is 781 g/mol. The van der Waals surface area contributed by atoms with Gasteiger partial charge in [0.2, 0.25) is 0 Å². The van der Waals surface area contributed by atoms with E-state index in [1.165, 1.54) is 53.0 Å². The van der Waals surface area contributed by atoms with E-state index in [1.807, 2.05) is 12.1 Å². The maximum absolute atomic E-state index is 15.4. The minimum absolute atomic E-state index is 0.215. The van der Waals surface area contributed by atoms with Crippen LogP contribution in [-0.2, 0) is 17.6 Å². The number of nitriles is 1. The maximum atomic E-state index is 15.4. The average molecular weight is 815 g/mol. The molecule has 56 heavy (non-hydrogen) atoms. The zero-order valence-corrected chi connectivity index (χ0v) is 31.8. The monoisotopic (exact) mass is 814 g/mol. The fourth-order valence-corrected chi connectivity index (χ4v) is 9.36. The molecular formula is C42H34F8N2O2S2. The molecule has 3 heterocycles. The molecule has 0 saturated carbocycles. The van der Waals surface area contributed by atoms with Crippen molar-refractivity contribution in [1.82, 2.24) is 4.57 Å². The minimum Gasteiger partial charge on any atom is -0.477 e. The van der Waals surface area contributed by atoms with Gasteiger partial charge in [-0.05, 0) is 72.7 Å². The molecule has 1 N–H and O–H groups in total. The van der Waals surface area contributed by atoms with Gasteiger partial charge in [0, 0.05) is 25.2 Å². The third-order valence-corrected chi connectivity index (χ3v) is 12.2. The van der Waals surface area contributed by atoms with Crippen LogP contribution >= 0.6 is 22.7 Å². The number of hydrogen-bond acceptors (Lipinski definition) is 4. The normalized spacial score (nSPS) is 12.0. The standard InChI is InChI=1S/C42H34F8N2O2S2/c1-3-5-7-9-11-22-17-28(55-27(22)19-24(20-51)42(53)54)41-23(12-10-8-6-4-2)18-26(56-41)21-13-15-25(16-14-21)52-39-29(31(43)33(45)35(47)37(39)49)30-32(44)34(46)36(48)38(50)40(30)52/h13-19H,3-12H2,1-2H3,(H,53,54)/b24-19-. The number of carbonyl (C=O) groups is 1. The number of carboxylic acid groups (broad SMARTS) is 1. The molecule has 0 atom stereocenters. The summed E-state index contributed by atoms with van der Waals surface area (Å²) in [4.78, 5) is 15.0. The van der Waals surface area contributed by atoms with Crippen molar-refractivity contribution in [3.8, 4) is 32.0 Å². The van der Waals surface area contributed by atoms with Gasteiger partial charge in [-0.3, -0.25) is 0 Å². The molecule has 0 saturated heterocycles. The van der Waals surface area contributed by atoms with E-state index in [0.29, 0.717) is 21.4 Å². The molecule has 0 aliphatic carbocycles. The summed E-state index contributed by atoms with van der Waals surface area (Å²) >= 11 is 2.82. The lowest BCUT2D eigenvalue weighted by molar-refractivity contribution is -0.132. The van der Waals surface area contributed by atoms with Crippen molar-refractivity contribution in [3.05, 3.63) is 105 Å². The number of halogens is 8. The Hall–Kier alpha value is -5.00. The van der Waals surface area contributed by atoms with E-state index in [-0.39, 0.29) is 11.3 Å². The average Bonchev–Trinajstić information content (AvgIpc) is 3.91. The molecule has 0 fully saturated rings. The molecule has 3 aromatic carbocycles. The number of aliphatic carboxylic acids is 1. The highest BCUT2D eigenvalue weighted by molar-refractivity contribution is 7.24. The van der Waals surface area contributed by atoms with E-state index in [1.54, 1.807) is 6.07 Å². The van der Waals surface area contributed by atoms with Gasteiger partial charge < -0.3 is 9.67 Å². The summed E-state index contributed by atoms with van der Waals surface area (Å²) < 4.78 is 119. The summed E-state index contributed by atoms with van der Waals surface area (Å²) in [7, 11) is 0. The van der Waals surface area contributed by atoms with Gasteiger partial charge in [-0.15, -0.1) is 22.7 Å². The van der Waals surface area contributed by atoms with Gasteiger partial charge in [-0.25, -0.2) is 39.9 Å². The van der Waals surface area contributed by atoms with Crippen LogP contribution < -0.4 is 0 Å². The van der Waals surface area contributed by atoms with Gasteiger partial charge in [0.25, 0.3) is 0 Å². The van der Waals surface area contributed by atoms with Crippen molar-refractivity contribution in [1.29, 1.82) is 5.26 Å². The Kier molecular flexibility index (Phi) is 12.4. The second-order valence-corrected chi connectivity index (χ2v) is 15.5. The lowest BCUT2D eigenvalue weighted by Crippen LogP contribution is -2.03. The highest BCUT2D eigenvalue weighted by atomic mass is 32.1. The van der Waals surface area contributed by atoms with E-state index in [0.717, 1.165) is 83.5 Å². The molecule has 0 bridgehead atoms. The summed E-state index contributed by atoms with van der Waals surface area (Å²) in [5.74, 6) is -18.8. The summed E-state index contributed by atoms with van der Waals surface area (Å²) in [6.45, 7) is 4.21. The van der Waals surface area contributed by atoms with Gasteiger partial charge >= 0.3 is 5.97 Å². The van der Waals surface area contributed by atoms with Crippen LogP contribution in [0.15, 0.2) is 42.0 Å². The number of carboxylic acids is 1.